The molecule has 2 aromatic heterocycles. The first kappa shape index (κ1) is 16.4. The number of aromatic nitrogens is 3. The van der Waals surface area contributed by atoms with E-state index in [9.17, 15) is 18.0 Å². The van der Waals surface area contributed by atoms with Crippen molar-refractivity contribution in [3.8, 4) is 0 Å². The first-order chi connectivity index (χ1) is 11.4. The predicted molar refractivity (Wildman–Crippen MR) is 80.5 cm³/mol. The van der Waals surface area contributed by atoms with Crippen LogP contribution in [-0.4, -0.2) is 33.8 Å². The largest absolute Gasteiger partial charge is 0.433 e. The van der Waals surface area contributed by atoms with Gasteiger partial charge in [-0.05, 0) is 31.0 Å². The maximum atomic E-state index is 12.8. The van der Waals surface area contributed by atoms with Gasteiger partial charge in [0.25, 0.3) is 0 Å². The van der Waals surface area contributed by atoms with E-state index in [1.54, 1.807) is 23.2 Å². The molecule has 3 rings (SSSR count). The minimum Gasteiger partial charge on any atom is -0.340 e. The van der Waals surface area contributed by atoms with Crippen molar-refractivity contribution >= 4 is 11.7 Å². The van der Waals surface area contributed by atoms with Gasteiger partial charge in [-0.1, -0.05) is 0 Å². The first-order valence-corrected chi connectivity index (χ1v) is 7.54. The van der Waals surface area contributed by atoms with Gasteiger partial charge in [0.1, 0.15) is 5.69 Å². The number of alkyl halides is 3. The molecule has 2 aromatic rings. The second kappa shape index (κ2) is 6.54. The zero-order valence-electron chi connectivity index (χ0n) is 12.7. The third-order valence-electron chi connectivity index (χ3n) is 3.95. The lowest BCUT2D eigenvalue weighted by atomic mass is 9.91. The molecular weight excluding hydrogens is 321 g/mol. The fourth-order valence-corrected chi connectivity index (χ4v) is 2.78. The van der Waals surface area contributed by atoms with Crippen molar-refractivity contribution in [1.29, 1.82) is 0 Å². The van der Waals surface area contributed by atoms with E-state index in [1.807, 2.05) is 0 Å². The van der Waals surface area contributed by atoms with Crippen LogP contribution in [0.2, 0.25) is 0 Å². The van der Waals surface area contributed by atoms with Crippen LogP contribution in [0.15, 0.2) is 36.8 Å². The molecule has 0 aliphatic carbocycles. The van der Waals surface area contributed by atoms with E-state index in [0.717, 1.165) is 12.3 Å². The maximum absolute atomic E-state index is 12.8. The van der Waals surface area contributed by atoms with Crippen molar-refractivity contribution in [2.24, 2.45) is 5.92 Å². The van der Waals surface area contributed by atoms with Crippen molar-refractivity contribution in [2.75, 3.05) is 18.0 Å². The van der Waals surface area contributed by atoms with Gasteiger partial charge < -0.3 is 4.90 Å². The summed E-state index contributed by atoms with van der Waals surface area (Å²) in [6, 6.07) is 4.21. The minimum atomic E-state index is -4.52. The SMILES string of the molecule is O=C(c1cccnc1)[C@@H]1CCCN(c2nccc(C(F)(F)F)n2)C1. The molecule has 0 radical (unpaired) electrons. The number of rotatable bonds is 3. The molecule has 0 aromatic carbocycles. The van der Waals surface area contributed by atoms with E-state index >= 15 is 0 Å². The highest BCUT2D eigenvalue weighted by molar-refractivity contribution is 5.98. The second-order valence-corrected chi connectivity index (χ2v) is 5.63. The summed E-state index contributed by atoms with van der Waals surface area (Å²) >= 11 is 0. The van der Waals surface area contributed by atoms with Gasteiger partial charge in [-0.2, -0.15) is 13.2 Å². The van der Waals surface area contributed by atoms with Crippen molar-refractivity contribution in [3.05, 3.63) is 48.0 Å². The van der Waals surface area contributed by atoms with E-state index in [1.165, 1.54) is 6.20 Å². The fraction of sp³-hybridized carbons (Fsp3) is 0.375. The molecule has 8 heteroatoms. The number of piperidine rings is 1. The molecule has 1 fully saturated rings. The molecule has 0 spiro atoms. The molecule has 0 N–H and O–H groups in total. The van der Waals surface area contributed by atoms with E-state index in [2.05, 4.69) is 15.0 Å². The second-order valence-electron chi connectivity index (χ2n) is 5.63. The van der Waals surface area contributed by atoms with Crippen LogP contribution in [-0.2, 0) is 6.18 Å². The summed E-state index contributed by atoms with van der Waals surface area (Å²) in [5.41, 5.74) is -0.470. The van der Waals surface area contributed by atoms with E-state index in [4.69, 9.17) is 0 Å². The first-order valence-electron chi connectivity index (χ1n) is 7.54. The molecule has 24 heavy (non-hydrogen) atoms. The number of halogens is 3. The number of anilines is 1. The van der Waals surface area contributed by atoms with Crippen molar-refractivity contribution in [2.45, 2.75) is 19.0 Å². The Bertz CT molecular complexity index is 721. The van der Waals surface area contributed by atoms with Crippen LogP contribution in [0.3, 0.4) is 0 Å². The summed E-state index contributed by atoms with van der Waals surface area (Å²) < 4.78 is 38.4. The predicted octanol–water partition coefficient (Wildman–Crippen LogP) is 2.99. The molecule has 5 nitrogen and oxygen atoms in total. The lowest BCUT2D eigenvalue weighted by Crippen LogP contribution is -2.40. The lowest BCUT2D eigenvalue weighted by molar-refractivity contribution is -0.141. The third-order valence-corrected chi connectivity index (χ3v) is 3.95. The zero-order chi connectivity index (χ0) is 17.2. The van der Waals surface area contributed by atoms with E-state index < -0.39 is 11.9 Å². The number of carbonyl (C=O) groups excluding carboxylic acids is 1. The standard InChI is InChI=1S/C16H15F3N4O/c17-16(18,19)13-5-7-21-15(22-13)23-8-2-4-12(10-23)14(24)11-3-1-6-20-9-11/h1,3,5-7,9,12H,2,4,8,10H2/t12-/m1/s1. The third kappa shape index (κ3) is 3.52. The van der Waals surface area contributed by atoms with Crippen LogP contribution in [0.4, 0.5) is 19.1 Å². The molecule has 1 aliphatic heterocycles. The van der Waals surface area contributed by atoms with Crippen LogP contribution < -0.4 is 4.90 Å². The van der Waals surface area contributed by atoms with Crippen LogP contribution in [0.1, 0.15) is 28.9 Å². The van der Waals surface area contributed by atoms with Gasteiger partial charge in [0.05, 0.1) is 0 Å². The van der Waals surface area contributed by atoms with Gasteiger partial charge in [-0.15, -0.1) is 0 Å². The highest BCUT2D eigenvalue weighted by Gasteiger charge is 2.34. The summed E-state index contributed by atoms with van der Waals surface area (Å²) in [6.45, 7) is 0.827. The Hall–Kier alpha value is -2.51. The molecule has 126 valence electrons. The Morgan fingerprint density at radius 3 is 2.79 bits per heavy atom. The van der Waals surface area contributed by atoms with Crippen LogP contribution >= 0.6 is 0 Å². The summed E-state index contributed by atoms with van der Waals surface area (Å²) in [6.07, 6.45) is 1.04. The molecule has 1 saturated heterocycles. The maximum Gasteiger partial charge on any atom is 0.433 e. The van der Waals surface area contributed by atoms with Gasteiger partial charge in [0, 0.05) is 43.2 Å². The van der Waals surface area contributed by atoms with Crippen LogP contribution in [0.25, 0.3) is 0 Å². The zero-order valence-corrected chi connectivity index (χ0v) is 12.7. The molecule has 1 aliphatic rings. The van der Waals surface area contributed by atoms with Gasteiger partial charge in [0.15, 0.2) is 5.78 Å². The number of Topliss-reactive ketones (excluding diaryl/α,β-unsaturated/α-hetero) is 1. The summed E-state index contributed by atoms with van der Waals surface area (Å²) in [5.74, 6) is -0.352. The quantitative estimate of drug-likeness (QED) is 0.807. The van der Waals surface area contributed by atoms with Crippen LogP contribution in [0.5, 0.6) is 0 Å². The topological polar surface area (TPSA) is 59.0 Å². The summed E-state index contributed by atoms with van der Waals surface area (Å²) in [7, 11) is 0. The van der Waals surface area contributed by atoms with E-state index in [-0.39, 0.29) is 17.6 Å². The lowest BCUT2D eigenvalue weighted by Gasteiger charge is -2.32. The monoisotopic (exact) mass is 336 g/mol. The Balaban J connectivity index is 1.78. The van der Waals surface area contributed by atoms with Crippen molar-refractivity contribution in [1.82, 2.24) is 15.0 Å². The number of nitrogens with zero attached hydrogens (tertiary/aromatic N) is 4. The van der Waals surface area contributed by atoms with E-state index in [0.29, 0.717) is 31.5 Å². The minimum absolute atomic E-state index is 0.00788. The smallest absolute Gasteiger partial charge is 0.340 e. The van der Waals surface area contributed by atoms with Gasteiger partial charge in [-0.25, -0.2) is 9.97 Å². The van der Waals surface area contributed by atoms with Gasteiger partial charge in [-0.3, -0.25) is 9.78 Å². The van der Waals surface area contributed by atoms with Gasteiger partial charge >= 0.3 is 6.18 Å². The Labute approximate surface area is 136 Å². The van der Waals surface area contributed by atoms with Gasteiger partial charge in [0.2, 0.25) is 5.95 Å². The number of carbonyl (C=O) groups is 1. The number of hydrogen-bond donors (Lipinski definition) is 0. The molecule has 1 atom stereocenters. The fourth-order valence-electron chi connectivity index (χ4n) is 2.78. The molecule has 0 amide bonds. The number of hydrogen-bond acceptors (Lipinski definition) is 5. The Morgan fingerprint density at radius 2 is 2.08 bits per heavy atom. The highest BCUT2D eigenvalue weighted by atomic mass is 19.4. The Morgan fingerprint density at radius 1 is 1.25 bits per heavy atom. The molecule has 3 heterocycles. The van der Waals surface area contributed by atoms with Crippen molar-refractivity contribution in [3.63, 3.8) is 0 Å². The average molecular weight is 336 g/mol. The van der Waals surface area contributed by atoms with Crippen molar-refractivity contribution < 1.29 is 18.0 Å². The Kier molecular flexibility index (Phi) is 4.46. The highest BCUT2D eigenvalue weighted by Crippen LogP contribution is 2.29. The normalized spacial score (nSPS) is 18.5. The number of pyridine rings is 1. The number of ketones is 1. The molecule has 0 bridgehead atoms. The molecule has 0 saturated carbocycles. The molecule has 0 unspecified atom stereocenters. The average Bonchev–Trinajstić information content (AvgIpc) is 2.61. The summed E-state index contributed by atoms with van der Waals surface area (Å²) in [4.78, 5) is 25.6. The van der Waals surface area contributed by atoms with Crippen LogP contribution in [0, 0.1) is 5.92 Å². The molecular formula is C16H15F3N4O. The summed E-state index contributed by atoms with van der Waals surface area (Å²) in [5, 5.41) is 0.